The Labute approximate surface area is 135 Å². The van der Waals surface area contributed by atoms with Gasteiger partial charge in [-0.3, -0.25) is 4.98 Å². The molecule has 0 saturated heterocycles. The highest BCUT2D eigenvalue weighted by Crippen LogP contribution is 2.35. The molecule has 2 rings (SSSR count). The maximum atomic E-state index is 6.01. The first-order chi connectivity index (χ1) is 10.6. The minimum atomic E-state index is 0.478. The van der Waals surface area contributed by atoms with Crippen LogP contribution in [-0.2, 0) is 4.74 Å². The maximum absolute atomic E-state index is 6.01. The van der Waals surface area contributed by atoms with Gasteiger partial charge in [0.05, 0.1) is 19.2 Å². The van der Waals surface area contributed by atoms with Gasteiger partial charge >= 0.3 is 0 Å². The van der Waals surface area contributed by atoms with Crippen molar-refractivity contribution in [1.82, 2.24) is 4.98 Å². The standard InChI is InChI=1S/C17H20ClNO3/c1-11-13-8-16(21-4)17(22-7-5-6-20-3)9-15(13)19-10-14(11)12(2)18/h8-10H,2,5-7H2,1,3-4H3. The third-order valence-electron chi connectivity index (χ3n) is 3.47. The van der Waals surface area contributed by atoms with Crippen LogP contribution < -0.4 is 9.47 Å². The minimum absolute atomic E-state index is 0.478. The summed E-state index contributed by atoms with van der Waals surface area (Å²) in [6.45, 7) is 6.98. The van der Waals surface area contributed by atoms with Crippen LogP contribution in [0.4, 0.5) is 0 Å². The molecule has 0 unspecified atom stereocenters. The summed E-state index contributed by atoms with van der Waals surface area (Å²) in [5, 5.41) is 1.45. The van der Waals surface area contributed by atoms with Crippen molar-refractivity contribution in [3.63, 3.8) is 0 Å². The Hall–Kier alpha value is -1.78. The van der Waals surface area contributed by atoms with Crippen molar-refractivity contribution < 1.29 is 14.2 Å². The largest absolute Gasteiger partial charge is 0.493 e. The molecule has 0 N–H and O–H groups in total. The fourth-order valence-corrected chi connectivity index (χ4v) is 2.45. The summed E-state index contributed by atoms with van der Waals surface area (Å²) in [6, 6.07) is 3.81. The number of benzene rings is 1. The summed E-state index contributed by atoms with van der Waals surface area (Å²) in [6.07, 6.45) is 2.54. The second kappa shape index (κ2) is 7.47. The molecule has 0 atom stereocenters. The van der Waals surface area contributed by atoms with E-state index in [1.165, 1.54) is 0 Å². The highest BCUT2D eigenvalue weighted by molar-refractivity contribution is 6.48. The summed E-state index contributed by atoms with van der Waals surface area (Å²) in [7, 11) is 3.29. The molecule has 22 heavy (non-hydrogen) atoms. The highest BCUT2D eigenvalue weighted by Gasteiger charge is 2.12. The minimum Gasteiger partial charge on any atom is -0.493 e. The predicted octanol–water partition coefficient (Wildman–Crippen LogP) is 4.18. The van der Waals surface area contributed by atoms with Gasteiger partial charge in [-0.1, -0.05) is 18.2 Å². The highest BCUT2D eigenvalue weighted by atomic mass is 35.5. The molecule has 1 aromatic carbocycles. The van der Waals surface area contributed by atoms with Gasteiger partial charge in [-0.15, -0.1) is 0 Å². The lowest BCUT2D eigenvalue weighted by atomic mass is 10.0. The van der Waals surface area contributed by atoms with Gasteiger partial charge in [-0.05, 0) is 18.6 Å². The van der Waals surface area contributed by atoms with Crippen LogP contribution in [0.2, 0.25) is 0 Å². The summed E-state index contributed by atoms with van der Waals surface area (Å²) in [5.74, 6) is 1.35. The van der Waals surface area contributed by atoms with Crippen molar-refractivity contribution in [2.24, 2.45) is 0 Å². The monoisotopic (exact) mass is 321 g/mol. The second-order valence-electron chi connectivity index (χ2n) is 4.92. The van der Waals surface area contributed by atoms with E-state index in [0.29, 0.717) is 29.7 Å². The van der Waals surface area contributed by atoms with E-state index < -0.39 is 0 Å². The smallest absolute Gasteiger partial charge is 0.163 e. The number of methoxy groups -OCH3 is 2. The molecule has 0 amide bonds. The molecule has 1 heterocycles. The molecule has 1 aromatic heterocycles. The molecule has 0 radical (unpaired) electrons. The van der Waals surface area contributed by atoms with E-state index in [2.05, 4.69) is 11.6 Å². The van der Waals surface area contributed by atoms with Gasteiger partial charge in [0.25, 0.3) is 0 Å². The number of pyridine rings is 1. The Kier molecular flexibility index (Phi) is 5.63. The molecule has 0 aliphatic carbocycles. The number of aryl methyl sites for hydroxylation is 1. The van der Waals surface area contributed by atoms with Crippen LogP contribution in [0.25, 0.3) is 15.9 Å². The van der Waals surface area contributed by atoms with Gasteiger partial charge in [0.15, 0.2) is 11.5 Å². The van der Waals surface area contributed by atoms with E-state index in [9.17, 15) is 0 Å². The zero-order chi connectivity index (χ0) is 16.1. The zero-order valence-electron chi connectivity index (χ0n) is 13.1. The first-order valence-corrected chi connectivity index (χ1v) is 7.40. The number of aromatic nitrogens is 1. The lowest BCUT2D eigenvalue weighted by Crippen LogP contribution is -2.03. The molecule has 0 aliphatic rings. The van der Waals surface area contributed by atoms with Crippen LogP contribution >= 0.6 is 11.6 Å². The van der Waals surface area contributed by atoms with Gasteiger partial charge in [-0.2, -0.15) is 0 Å². The topological polar surface area (TPSA) is 40.6 Å². The van der Waals surface area contributed by atoms with E-state index in [0.717, 1.165) is 28.5 Å². The molecule has 0 spiro atoms. The predicted molar refractivity (Wildman–Crippen MR) is 89.9 cm³/mol. The molecule has 4 nitrogen and oxygen atoms in total. The van der Waals surface area contributed by atoms with Crippen LogP contribution in [0.5, 0.6) is 11.5 Å². The quantitative estimate of drug-likeness (QED) is 0.717. The second-order valence-corrected chi connectivity index (χ2v) is 5.37. The van der Waals surface area contributed by atoms with Crippen molar-refractivity contribution in [3.05, 3.63) is 36.0 Å². The Morgan fingerprint density at radius 2 is 2.00 bits per heavy atom. The van der Waals surface area contributed by atoms with Gasteiger partial charge in [0.1, 0.15) is 0 Å². The lowest BCUT2D eigenvalue weighted by Gasteiger charge is -2.14. The van der Waals surface area contributed by atoms with Crippen molar-refractivity contribution >= 4 is 27.5 Å². The van der Waals surface area contributed by atoms with E-state index in [-0.39, 0.29) is 0 Å². The molecule has 0 aliphatic heterocycles. The fraction of sp³-hybridized carbons (Fsp3) is 0.353. The van der Waals surface area contributed by atoms with Crippen LogP contribution in [0, 0.1) is 6.92 Å². The summed E-state index contributed by atoms with van der Waals surface area (Å²) in [5.41, 5.74) is 2.70. The van der Waals surface area contributed by atoms with Crippen LogP contribution in [0.15, 0.2) is 24.9 Å². The van der Waals surface area contributed by atoms with Gasteiger partial charge < -0.3 is 14.2 Å². The third-order valence-corrected chi connectivity index (χ3v) is 3.67. The Morgan fingerprint density at radius 1 is 1.23 bits per heavy atom. The Bertz CT molecular complexity index is 685. The third kappa shape index (κ3) is 3.51. The number of hydrogen-bond donors (Lipinski definition) is 0. The van der Waals surface area contributed by atoms with Gasteiger partial charge in [0.2, 0.25) is 0 Å². The molecule has 0 fully saturated rings. The number of ether oxygens (including phenoxy) is 3. The summed E-state index contributed by atoms with van der Waals surface area (Å²) < 4.78 is 16.2. The normalized spacial score (nSPS) is 10.7. The maximum Gasteiger partial charge on any atom is 0.163 e. The SMILES string of the molecule is C=C(Cl)c1cnc2cc(OCCCOC)c(OC)cc2c1C. The first-order valence-electron chi connectivity index (χ1n) is 7.02. The van der Waals surface area contributed by atoms with Crippen molar-refractivity contribution in [3.8, 4) is 11.5 Å². The average molecular weight is 322 g/mol. The van der Waals surface area contributed by atoms with Gasteiger partial charge in [0, 0.05) is 48.4 Å². The number of hydrogen-bond acceptors (Lipinski definition) is 4. The van der Waals surface area contributed by atoms with E-state index in [4.69, 9.17) is 25.8 Å². The molecule has 2 aromatic rings. The number of rotatable bonds is 7. The van der Waals surface area contributed by atoms with Crippen LogP contribution in [0.3, 0.4) is 0 Å². The zero-order valence-corrected chi connectivity index (χ0v) is 13.9. The molecule has 5 heteroatoms. The number of nitrogens with zero attached hydrogens (tertiary/aromatic N) is 1. The summed E-state index contributed by atoms with van der Waals surface area (Å²) >= 11 is 6.01. The van der Waals surface area contributed by atoms with Crippen LogP contribution in [0.1, 0.15) is 17.5 Å². The van der Waals surface area contributed by atoms with E-state index in [1.54, 1.807) is 20.4 Å². The Morgan fingerprint density at radius 3 is 2.64 bits per heavy atom. The van der Waals surface area contributed by atoms with Crippen molar-refractivity contribution in [2.45, 2.75) is 13.3 Å². The van der Waals surface area contributed by atoms with E-state index in [1.807, 2.05) is 19.1 Å². The molecule has 118 valence electrons. The molecule has 0 bridgehead atoms. The first kappa shape index (κ1) is 16.6. The summed E-state index contributed by atoms with van der Waals surface area (Å²) in [4.78, 5) is 4.44. The van der Waals surface area contributed by atoms with Crippen molar-refractivity contribution in [2.75, 3.05) is 27.4 Å². The Balaban J connectivity index is 2.39. The lowest BCUT2D eigenvalue weighted by molar-refractivity contribution is 0.170. The van der Waals surface area contributed by atoms with Crippen LogP contribution in [-0.4, -0.2) is 32.4 Å². The van der Waals surface area contributed by atoms with E-state index >= 15 is 0 Å². The average Bonchev–Trinajstić information content (AvgIpc) is 2.51. The fourth-order valence-electron chi connectivity index (χ4n) is 2.26. The van der Waals surface area contributed by atoms with Gasteiger partial charge in [-0.25, -0.2) is 0 Å². The molecule has 0 saturated carbocycles. The molecular formula is C17H20ClNO3. The molecular weight excluding hydrogens is 302 g/mol. The van der Waals surface area contributed by atoms with Crippen molar-refractivity contribution in [1.29, 1.82) is 0 Å². The number of halogens is 1. The number of fused-ring (bicyclic) bond motifs is 1.